The van der Waals surface area contributed by atoms with Crippen molar-refractivity contribution in [2.45, 2.75) is 25.7 Å². The molecule has 1 aliphatic rings. The SMILES string of the molecule is Cc1c(OC(c2ccc([C@H](N)O)cc2)c2cccc(C#N)c2)ccc2c1OCCC2=O. The van der Waals surface area contributed by atoms with Crippen LogP contribution in [0.15, 0.2) is 60.7 Å². The van der Waals surface area contributed by atoms with Crippen molar-refractivity contribution >= 4 is 5.78 Å². The average Bonchev–Trinajstić information content (AvgIpc) is 2.79. The zero-order chi connectivity index (χ0) is 22.0. The molecule has 1 aliphatic heterocycles. The molecule has 156 valence electrons. The van der Waals surface area contributed by atoms with Crippen LogP contribution in [-0.2, 0) is 0 Å². The van der Waals surface area contributed by atoms with Crippen molar-refractivity contribution in [2.75, 3.05) is 6.61 Å². The summed E-state index contributed by atoms with van der Waals surface area (Å²) in [4.78, 5) is 12.2. The van der Waals surface area contributed by atoms with Gasteiger partial charge in [0.15, 0.2) is 5.78 Å². The summed E-state index contributed by atoms with van der Waals surface area (Å²) in [6.07, 6.45) is -1.21. The van der Waals surface area contributed by atoms with Gasteiger partial charge in [0.05, 0.1) is 23.8 Å². The summed E-state index contributed by atoms with van der Waals surface area (Å²) in [6, 6.07) is 20.0. The van der Waals surface area contributed by atoms with Gasteiger partial charge in [-0.1, -0.05) is 36.4 Å². The molecule has 0 spiro atoms. The van der Waals surface area contributed by atoms with E-state index in [1.54, 1.807) is 36.4 Å². The van der Waals surface area contributed by atoms with Gasteiger partial charge in [-0.15, -0.1) is 0 Å². The van der Waals surface area contributed by atoms with Gasteiger partial charge in [-0.05, 0) is 47.9 Å². The standard InChI is InChI=1S/C25H22N2O4/c1-15-22(10-9-20-21(28)11-12-30-23(15)20)31-24(19-4-2-3-16(13-19)14-26)17-5-7-18(8-6-17)25(27)29/h2-10,13,24-25,29H,11-12,27H2,1H3/t24?,25-/m1/s1. The van der Waals surface area contributed by atoms with Crippen LogP contribution >= 0.6 is 0 Å². The van der Waals surface area contributed by atoms with Crippen LogP contribution in [0, 0.1) is 18.3 Å². The normalized spacial score (nSPS) is 14.7. The predicted molar refractivity (Wildman–Crippen MR) is 115 cm³/mol. The van der Waals surface area contributed by atoms with E-state index in [9.17, 15) is 15.2 Å². The van der Waals surface area contributed by atoms with Gasteiger partial charge >= 0.3 is 0 Å². The van der Waals surface area contributed by atoms with Crippen LogP contribution in [-0.4, -0.2) is 17.5 Å². The maximum absolute atomic E-state index is 12.2. The number of ketones is 1. The summed E-state index contributed by atoms with van der Waals surface area (Å²) in [5.41, 5.74) is 9.62. The minimum Gasteiger partial charge on any atom is -0.492 e. The Balaban J connectivity index is 1.76. The van der Waals surface area contributed by atoms with Gasteiger partial charge in [0.2, 0.25) is 0 Å². The topological polar surface area (TPSA) is 106 Å². The maximum Gasteiger partial charge on any atom is 0.170 e. The fraction of sp³-hybridized carbons (Fsp3) is 0.200. The smallest absolute Gasteiger partial charge is 0.170 e. The highest BCUT2D eigenvalue weighted by Gasteiger charge is 2.24. The van der Waals surface area contributed by atoms with Crippen molar-refractivity contribution in [3.05, 3.63) is 94.0 Å². The van der Waals surface area contributed by atoms with Crippen LogP contribution in [0.4, 0.5) is 0 Å². The van der Waals surface area contributed by atoms with Crippen molar-refractivity contribution in [2.24, 2.45) is 5.73 Å². The number of fused-ring (bicyclic) bond motifs is 1. The van der Waals surface area contributed by atoms with E-state index in [2.05, 4.69) is 6.07 Å². The lowest BCUT2D eigenvalue weighted by atomic mass is 9.97. The van der Waals surface area contributed by atoms with E-state index in [4.69, 9.17) is 15.2 Å². The second-order valence-electron chi connectivity index (χ2n) is 7.43. The van der Waals surface area contributed by atoms with E-state index in [1.807, 2.05) is 31.2 Å². The first-order valence-corrected chi connectivity index (χ1v) is 9.97. The van der Waals surface area contributed by atoms with E-state index < -0.39 is 12.3 Å². The van der Waals surface area contributed by atoms with Crippen LogP contribution in [0.3, 0.4) is 0 Å². The Kier molecular flexibility index (Phi) is 5.72. The second-order valence-corrected chi connectivity index (χ2v) is 7.43. The molecule has 0 saturated heterocycles. The van der Waals surface area contributed by atoms with Gasteiger partial charge in [-0.3, -0.25) is 4.79 Å². The Labute approximate surface area is 180 Å². The zero-order valence-corrected chi connectivity index (χ0v) is 17.0. The molecular formula is C25H22N2O4. The lowest BCUT2D eigenvalue weighted by Crippen LogP contribution is -2.17. The Bertz CT molecular complexity index is 1160. The van der Waals surface area contributed by atoms with E-state index in [0.717, 1.165) is 16.7 Å². The van der Waals surface area contributed by atoms with Gasteiger partial charge in [0.1, 0.15) is 23.8 Å². The van der Waals surface area contributed by atoms with Crippen LogP contribution in [0.2, 0.25) is 0 Å². The number of nitrogens with two attached hydrogens (primary N) is 1. The lowest BCUT2D eigenvalue weighted by molar-refractivity contribution is 0.0932. The Morgan fingerprint density at radius 3 is 2.55 bits per heavy atom. The van der Waals surface area contributed by atoms with Gasteiger partial charge < -0.3 is 20.3 Å². The lowest BCUT2D eigenvalue weighted by Gasteiger charge is -2.25. The fourth-order valence-electron chi connectivity index (χ4n) is 3.68. The van der Waals surface area contributed by atoms with Crippen LogP contribution in [0.1, 0.15) is 56.9 Å². The first-order chi connectivity index (χ1) is 15.0. The number of nitrogens with zero attached hydrogens (tertiary/aromatic N) is 1. The van der Waals surface area contributed by atoms with Crippen molar-refractivity contribution in [1.29, 1.82) is 5.26 Å². The van der Waals surface area contributed by atoms with E-state index in [1.165, 1.54) is 0 Å². The second kappa shape index (κ2) is 8.60. The van der Waals surface area contributed by atoms with E-state index in [0.29, 0.717) is 41.2 Å². The molecule has 0 bridgehead atoms. The first-order valence-electron chi connectivity index (χ1n) is 9.97. The molecule has 6 nitrogen and oxygen atoms in total. The molecule has 0 fully saturated rings. The number of ether oxygens (including phenoxy) is 2. The number of aliphatic hydroxyl groups is 1. The molecule has 0 radical (unpaired) electrons. The molecule has 0 aromatic heterocycles. The Morgan fingerprint density at radius 1 is 1.10 bits per heavy atom. The van der Waals surface area contributed by atoms with E-state index >= 15 is 0 Å². The van der Waals surface area contributed by atoms with Crippen molar-refractivity contribution in [1.82, 2.24) is 0 Å². The number of Topliss-reactive ketones (excluding diaryl/α,β-unsaturated/α-hetero) is 1. The fourth-order valence-corrected chi connectivity index (χ4v) is 3.68. The molecule has 3 aromatic carbocycles. The minimum absolute atomic E-state index is 0.0603. The summed E-state index contributed by atoms with van der Waals surface area (Å²) in [6.45, 7) is 2.22. The van der Waals surface area contributed by atoms with E-state index in [-0.39, 0.29) is 5.78 Å². The van der Waals surface area contributed by atoms with Crippen LogP contribution < -0.4 is 15.2 Å². The highest BCUT2D eigenvalue weighted by atomic mass is 16.5. The predicted octanol–water partition coefficient (Wildman–Crippen LogP) is 3.95. The number of hydrogen-bond donors (Lipinski definition) is 2. The van der Waals surface area contributed by atoms with Gasteiger partial charge in [-0.2, -0.15) is 5.26 Å². The van der Waals surface area contributed by atoms with Gasteiger partial charge in [0, 0.05) is 12.0 Å². The zero-order valence-electron chi connectivity index (χ0n) is 17.0. The van der Waals surface area contributed by atoms with Crippen molar-refractivity contribution in [3.63, 3.8) is 0 Å². The number of carbonyl (C=O) groups is 1. The molecule has 0 saturated carbocycles. The average molecular weight is 414 g/mol. The van der Waals surface area contributed by atoms with Crippen LogP contribution in [0.25, 0.3) is 0 Å². The molecule has 6 heteroatoms. The molecule has 1 heterocycles. The van der Waals surface area contributed by atoms with Gasteiger partial charge in [-0.25, -0.2) is 0 Å². The molecule has 0 amide bonds. The molecular weight excluding hydrogens is 392 g/mol. The van der Waals surface area contributed by atoms with Crippen molar-refractivity contribution < 1.29 is 19.4 Å². The number of hydrogen-bond acceptors (Lipinski definition) is 6. The molecule has 4 rings (SSSR count). The number of aliphatic hydroxyl groups excluding tert-OH is 1. The summed E-state index contributed by atoms with van der Waals surface area (Å²) < 4.78 is 12.2. The molecule has 3 aromatic rings. The quantitative estimate of drug-likeness (QED) is 0.613. The summed E-state index contributed by atoms with van der Waals surface area (Å²) >= 11 is 0. The molecule has 0 aliphatic carbocycles. The minimum atomic E-state index is -1.06. The molecule has 2 atom stereocenters. The third-order valence-electron chi connectivity index (χ3n) is 5.38. The Hall–Kier alpha value is -3.66. The number of carbonyl (C=O) groups excluding carboxylic acids is 1. The van der Waals surface area contributed by atoms with Crippen LogP contribution in [0.5, 0.6) is 11.5 Å². The monoisotopic (exact) mass is 414 g/mol. The molecule has 3 N–H and O–H groups in total. The molecule has 31 heavy (non-hydrogen) atoms. The Morgan fingerprint density at radius 2 is 1.84 bits per heavy atom. The number of rotatable bonds is 5. The third kappa shape index (κ3) is 4.15. The number of nitriles is 1. The third-order valence-corrected chi connectivity index (χ3v) is 5.38. The summed E-state index contributed by atoms with van der Waals surface area (Å²) in [5, 5.41) is 18.9. The first kappa shape index (κ1) is 20.6. The highest BCUT2D eigenvalue weighted by molar-refractivity contribution is 6.00. The van der Waals surface area contributed by atoms with Crippen molar-refractivity contribution in [3.8, 4) is 17.6 Å². The highest BCUT2D eigenvalue weighted by Crippen LogP contribution is 2.38. The summed E-state index contributed by atoms with van der Waals surface area (Å²) in [7, 11) is 0. The summed E-state index contributed by atoms with van der Waals surface area (Å²) in [5.74, 6) is 1.20. The largest absolute Gasteiger partial charge is 0.492 e. The molecule has 1 unspecified atom stereocenters. The number of benzene rings is 3. The van der Waals surface area contributed by atoms with Gasteiger partial charge in [0.25, 0.3) is 0 Å². The maximum atomic E-state index is 12.2.